The van der Waals surface area contributed by atoms with Gasteiger partial charge in [0.05, 0.1) is 0 Å². The molecule has 2 aromatic carbocycles. The molecule has 0 atom stereocenters. The van der Waals surface area contributed by atoms with Crippen LogP contribution in [0, 0.1) is 0 Å². The summed E-state index contributed by atoms with van der Waals surface area (Å²) in [6.45, 7) is 2.03. The zero-order valence-electron chi connectivity index (χ0n) is 20.7. The van der Waals surface area contributed by atoms with E-state index in [2.05, 4.69) is 48.6 Å². The molecule has 2 aromatic rings. The van der Waals surface area contributed by atoms with E-state index in [1.807, 2.05) is 59.3 Å². The summed E-state index contributed by atoms with van der Waals surface area (Å²) >= 11 is 0. The Bertz CT molecular complexity index is 1080. The largest absolute Gasteiger partial charge is 0.343 e. The van der Waals surface area contributed by atoms with Crippen molar-refractivity contribution >= 4 is 11.8 Å². The van der Waals surface area contributed by atoms with E-state index in [9.17, 15) is 9.59 Å². The lowest BCUT2D eigenvalue weighted by Crippen LogP contribution is -2.47. The van der Waals surface area contributed by atoms with Crippen LogP contribution in [0.1, 0.15) is 43.2 Å². The Morgan fingerprint density at radius 3 is 2.31 bits per heavy atom. The van der Waals surface area contributed by atoms with Gasteiger partial charge in [-0.25, -0.2) is 0 Å². The van der Waals surface area contributed by atoms with Crippen molar-refractivity contribution in [2.75, 3.05) is 26.7 Å². The van der Waals surface area contributed by atoms with Crippen molar-refractivity contribution in [2.24, 2.45) is 0 Å². The Morgan fingerprint density at radius 2 is 1.60 bits per heavy atom. The first-order valence-electron chi connectivity index (χ1n) is 12.7. The van der Waals surface area contributed by atoms with Crippen molar-refractivity contribution in [3.05, 3.63) is 108 Å². The molecule has 1 saturated heterocycles. The Balaban J connectivity index is 1.40. The predicted molar refractivity (Wildman–Crippen MR) is 142 cm³/mol. The van der Waals surface area contributed by atoms with Crippen LogP contribution in [0.4, 0.5) is 0 Å². The minimum absolute atomic E-state index is 0.163. The van der Waals surface area contributed by atoms with Crippen LogP contribution in [0.15, 0.2) is 96.6 Å². The number of likely N-dealkylation sites (tertiary alicyclic amines) is 1. The molecule has 4 rings (SSSR count). The molecule has 4 heteroatoms. The second-order valence-electron chi connectivity index (χ2n) is 9.78. The number of carbonyl (C=O) groups excluding carboxylic acids is 2. The summed E-state index contributed by atoms with van der Waals surface area (Å²) in [6, 6.07) is 20.6. The molecule has 1 fully saturated rings. The van der Waals surface area contributed by atoms with Crippen molar-refractivity contribution in [3.8, 4) is 0 Å². The summed E-state index contributed by atoms with van der Waals surface area (Å²) in [5.41, 5.74) is 3.40. The van der Waals surface area contributed by atoms with Crippen LogP contribution in [0.25, 0.3) is 0 Å². The summed E-state index contributed by atoms with van der Waals surface area (Å²) in [4.78, 5) is 30.2. The summed E-state index contributed by atoms with van der Waals surface area (Å²) in [6.07, 6.45) is 14.6. The highest BCUT2D eigenvalue weighted by Gasteiger charge is 2.39. The van der Waals surface area contributed by atoms with Crippen LogP contribution in [-0.4, -0.2) is 48.3 Å². The van der Waals surface area contributed by atoms with Gasteiger partial charge in [0.1, 0.15) is 0 Å². The number of nitrogens with zero attached hydrogens (tertiary/aromatic N) is 2. The second-order valence-corrected chi connectivity index (χ2v) is 9.78. The fourth-order valence-corrected chi connectivity index (χ4v) is 5.15. The van der Waals surface area contributed by atoms with E-state index in [1.165, 1.54) is 16.7 Å². The number of likely N-dealkylation sites (N-methyl/N-ethyl adjacent to an activating group) is 1. The first kappa shape index (κ1) is 24.7. The van der Waals surface area contributed by atoms with Gasteiger partial charge < -0.3 is 9.80 Å². The third-order valence-electron chi connectivity index (χ3n) is 7.36. The van der Waals surface area contributed by atoms with E-state index in [-0.39, 0.29) is 17.2 Å². The number of hydrogen-bond acceptors (Lipinski definition) is 2. The molecule has 0 N–H and O–H groups in total. The molecule has 1 aliphatic carbocycles. The third kappa shape index (κ3) is 6.60. The van der Waals surface area contributed by atoms with Gasteiger partial charge in [-0.05, 0) is 42.4 Å². The van der Waals surface area contributed by atoms with Crippen molar-refractivity contribution in [1.29, 1.82) is 0 Å². The van der Waals surface area contributed by atoms with Crippen molar-refractivity contribution in [2.45, 2.75) is 43.9 Å². The van der Waals surface area contributed by atoms with Gasteiger partial charge in [-0.2, -0.15) is 0 Å². The molecule has 1 heterocycles. The molecular weight excluding hydrogens is 432 g/mol. The first-order chi connectivity index (χ1) is 17.1. The van der Waals surface area contributed by atoms with E-state index < -0.39 is 0 Å². The van der Waals surface area contributed by atoms with Crippen LogP contribution in [0.5, 0.6) is 0 Å². The fraction of sp³-hybridized carbons (Fsp3) is 0.355. The molecule has 0 aromatic heterocycles. The quantitative estimate of drug-likeness (QED) is 0.515. The van der Waals surface area contributed by atoms with Crippen LogP contribution >= 0.6 is 0 Å². The molecule has 2 amide bonds. The number of hydrogen-bond donors (Lipinski definition) is 0. The molecule has 35 heavy (non-hydrogen) atoms. The number of piperidine rings is 1. The lowest BCUT2D eigenvalue weighted by atomic mass is 9.70. The fourth-order valence-electron chi connectivity index (χ4n) is 5.15. The Kier molecular flexibility index (Phi) is 8.36. The topological polar surface area (TPSA) is 40.6 Å². The average molecular weight is 469 g/mol. The summed E-state index contributed by atoms with van der Waals surface area (Å²) < 4.78 is 0. The van der Waals surface area contributed by atoms with Gasteiger partial charge in [0.15, 0.2) is 0 Å². The minimum atomic E-state index is -0.236. The van der Waals surface area contributed by atoms with Gasteiger partial charge in [0, 0.05) is 44.9 Å². The number of benzene rings is 2. The lowest BCUT2D eigenvalue weighted by molar-refractivity contribution is -0.134. The summed E-state index contributed by atoms with van der Waals surface area (Å²) in [7, 11) is 1.91. The molecule has 2 aliphatic rings. The molecular formula is C31H36N2O2. The monoisotopic (exact) mass is 468 g/mol. The van der Waals surface area contributed by atoms with Crippen LogP contribution in [-0.2, 0) is 21.4 Å². The zero-order valence-corrected chi connectivity index (χ0v) is 20.7. The molecule has 4 nitrogen and oxygen atoms in total. The van der Waals surface area contributed by atoms with E-state index in [1.54, 1.807) is 0 Å². The smallest absolute Gasteiger partial charge is 0.223 e. The molecule has 0 radical (unpaired) electrons. The van der Waals surface area contributed by atoms with E-state index >= 15 is 0 Å². The van der Waals surface area contributed by atoms with Crippen LogP contribution in [0.3, 0.4) is 0 Å². The van der Waals surface area contributed by atoms with Gasteiger partial charge in [-0.15, -0.1) is 0 Å². The summed E-state index contributed by atoms with van der Waals surface area (Å²) in [5, 5.41) is 0. The van der Waals surface area contributed by atoms with Gasteiger partial charge in [-0.1, -0.05) is 91.0 Å². The molecule has 0 spiro atoms. The SMILES string of the molecule is CN(CC1=CC=CC=CC1)C(=O)CC1(c2ccccc2)CCN(C(=O)CCc2ccccc2)CC1. The molecule has 0 saturated carbocycles. The number of aryl methyl sites for hydroxylation is 1. The number of allylic oxidation sites excluding steroid dienone is 5. The van der Waals surface area contributed by atoms with Gasteiger partial charge in [0.2, 0.25) is 11.8 Å². The van der Waals surface area contributed by atoms with E-state index in [4.69, 9.17) is 0 Å². The number of amides is 2. The van der Waals surface area contributed by atoms with E-state index in [0.29, 0.717) is 32.5 Å². The van der Waals surface area contributed by atoms with E-state index in [0.717, 1.165) is 25.7 Å². The average Bonchev–Trinajstić information content (AvgIpc) is 3.17. The van der Waals surface area contributed by atoms with Crippen molar-refractivity contribution in [1.82, 2.24) is 9.80 Å². The molecule has 0 unspecified atom stereocenters. The highest BCUT2D eigenvalue weighted by molar-refractivity contribution is 5.79. The van der Waals surface area contributed by atoms with Crippen molar-refractivity contribution < 1.29 is 9.59 Å². The second kappa shape index (κ2) is 11.8. The Labute approximate surface area is 209 Å². The first-order valence-corrected chi connectivity index (χ1v) is 12.7. The van der Waals surface area contributed by atoms with Gasteiger partial charge in [0.25, 0.3) is 0 Å². The zero-order chi connectivity index (χ0) is 24.5. The molecule has 0 bridgehead atoms. The number of rotatable bonds is 8. The highest BCUT2D eigenvalue weighted by atomic mass is 16.2. The summed E-state index contributed by atoms with van der Waals surface area (Å²) in [5.74, 6) is 0.371. The van der Waals surface area contributed by atoms with Crippen molar-refractivity contribution in [3.63, 3.8) is 0 Å². The maximum absolute atomic E-state index is 13.4. The van der Waals surface area contributed by atoms with Gasteiger partial charge in [-0.3, -0.25) is 9.59 Å². The number of carbonyl (C=O) groups is 2. The predicted octanol–water partition coefficient (Wildman–Crippen LogP) is 5.47. The van der Waals surface area contributed by atoms with Crippen LogP contribution < -0.4 is 0 Å². The Morgan fingerprint density at radius 1 is 0.914 bits per heavy atom. The Hall–Kier alpha value is -3.40. The standard InChI is InChI=1S/C31H36N2O2/c1-32(25-27-14-6-2-3-7-15-27)30(35)24-31(28-16-10-5-11-17-28)20-22-33(23-21-31)29(34)19-18-26-12-8-4-9-13-26/h2-14,16-17H,15,18-25H2,1H3. The molecule has 1 aliphatic heterocycles. The lowest BCUT2D eigenvalue weighted by Gasteiger charge is -2.42. The maximum Gasteiger partial charge on any atom is 0.223 e. The molecule has 182 valence electrons. The minimum Gasteiger partial charge on any atom is -0.343 e. The highest BCUT2D eigenvalue weighted by Crippen LogP contribution is 2.39. The maximum atomic E-state index is 13.4. The van der Waals surface area contributed by atoms with Gasteiger partial charge >= 0.3 is 0 Å². The third-order valence-corrected chi connectivity index (χ3v) is 7.36. The van der Waals surface area contributed by atoms with Crippen LogP contribution in [0.2, 0.25) is 0 Å². The normalized spacial score (nSPS) is 16.9.